The van der Waals surface area contributed by atoms with Crippen molar-refractivity contribution in [2.24, 2.45) is 29.1 Å². The molecule has 1 heterocycles. The van der Waals surface area contributed by atoms with Crippen LogP contribution in [-0.2, 0) is 16.0 Å². The Kier molecular flexibility index (Phi) is 7.30. The van der Waals surface area contributed by atoms with Gasteiger partial charge in [-0.1, -0.05) is 44.9 Å². The molecule has 0 bridgehead atoms. The number of Topliss-reactive ketones (excluding diaryl/α,β-unsaturated/α-hetero) is 1. The second-order valence-electron chi connectivity index (χ2n) is 12.5. The minimum Gasteiger partial charge on any atom is -0.342 e. The lowest BCUT2D eigenvalue weighted by Crippen LogP contribution is -2.47. The van der Waals surface area contributed by atoms with Crippen molar-refractivity contribution in [3.8, 4) is 0 Å². The maximum absolute atomic E-state index is 15.6. The van der Waals surface area contributed by atoms with Gasteiger partial charge in [0, 0.05) is 18.5 Å². The Bertz CT molecular complexity index is 1090. The van der Waals surface area contributed by atoms with Crippen LogP contribution in [0.15, 0.2) is 30.4 Å². The highest BCUT2D eigenvalue weighted by atomic mass is 19.1. The molecule has 1 aliphatic heterocycles. The average Bonchev–Trinajstić information content (AvgIpc) is 3.82. The largest absolute Gasteiger partial charge is 0.342 e. The number of amides is 2. The van der Waals surface area contributed by atoms with Crippen molar-refractivity contribution in [3.05, 3.63) is 47.3 Å². The molecule has 6 heteroatoms. The number of halogens is 1. The van der Waals surface area contributed by atoms with Gasteiger partial charge in [0.1, 0.15) is 5.82 Å². The maximum atomic E-state index is 15.6. The summed E-state index contributed by atoms with van der Waals surface area (Å²) in [5.41, 5.74) is 0.794. The molecule has 3 aliphatic carbocycles. The predicted molar refractivity (Wildman–Crippen MR) is 141 cm³/mol. The molecular weight excluding hydrogens is 467 g/mol. The van der Waals surface area contributed by atoms with Crippen molar-refractivity contribution >= 4 is 17.6 Å². The van der Waals surface area contributed by atoms with Gasteiger partial charge in [-0.2, -0.15) is 0 Å². The molecule has 0 spiro atoms. The predicted octanol–water partition coefficient (Wildman–Crippen LogP) is 5.48. The number of piperidine rings is 1. The summed E-state index contributed by atoms with van der Waals surface area (Å²) >= 11 is 0. The lowest BCUT2D eigenvalue weighted by molar-refractivity contribution is -0.138. The molecule has 4 fully saturated rings. The van der Waals surface area contributed by atoms with Crippen LogP contribution < -0.4 is 5.32 Å². The zero-order valence-corrected chi connectivity index (χ0v) is 22.4. The Morgan fingerprint density at radius 1 is 1.16 bits per heavy atom. The van der Waals surface area contributed by atoms with E-state index in [1.807, 2.05) is 0 Å². The smallest absolute Gasteiger partial charge is 0.254 e. The first kappa shape index (κ1) is 26.1. The average molecular weight is 509 g/mol. The van der Waals surface area contributed by atoms with E-state index < -0.39 is 17.8 Å². The number of ketones is 1. The van der Waals surface area contributed by atoms with Crippen molar-refractivity contribution in [2.75, 3.05) is 13.1 Å². The van der Waals surface area contributed by atoms with Crippen LogP contribution in [0.3, 0.4) is 0 Å². The summed E-state index contributed by atoms with van der Waals surface area (Å²) in [7, 11) is 0. The number of fused-ring (bicyclic) bond motifs is 1. The Labute approximate surface area is 220 Å². The number of likely N-dealkylation sites (tertiary alicyclic amines) is 1. The second kappa shape index (κ2) is 10.3. The van der Waals surface area contributed by atoms with Crippen LogP contribution in [0.5, 0.6) is 0 Å². The third-order valence-corrected chi connectivity index (χ3v) is 9.51. The van der Waals surface area contributed by atoms with Gasteiger partial charge in [-0.05, 0) is 92.7 Å². The standard InChI is InChI=1S/C31H41FN2O3/c1-19(2)28(35)27(21-8-5-4-6-9-21)33-29(36)24-11-7-10-20(26(24)32)12-13-22-17-34(18-23-16-25(22)23)30(37)31(3)14-15-31/h7,10-11,21-23,25,27H,1,4-6,8-9,12-18H2,2-3H3,(H,33,36)/t22-,23+,25-,27?/m0/s1. The quantitative estimate of drug-likeness (QED) is 0.450. The number of hydrogen-bond acceptors (Lipinski definition) is 3. The maximum Gasteiger partial charge on any atom is 0.254 e. The van der Waals surface area contributed by atoms with Gasteiger partial charge in [0.15, 0.2) is 5.78 Å². The highest BCUT2D eigenvalue weighted by Gasteiger charge is 2.53. The van der Waals surface area contributed by atoms with Crippen LogP contribution in [0.4, 0.5) is 4.39 Å². The summed E-state index contributed by atoms with van der Waals surface area (Å²) in [5.74, 6) is 0.785. The van der Waals surface area contributed by atoms with Crippen molar-refractivity contribution < 1.29 is 18.8 Å². The first-order valence-corrected chi connectivity index (χ1v) is 14.3. The van der Waals surface area contributed by atoms with E-state index in [-0.39, 0.29) is 22.7 Å². The number of carbonyl (C=O) groups is 3. The van der Waals surface area contributed by atoms with Gasteiger partial charge in [-0.15, -0.1) is 0 Å². The number of rotatable bonds is 9. The van der Waals surface area contributed by atoms with Crippen LogP contribution >= 0.6 is 0 Å². The highest BCUT2D eigenvalue weighted by molar-refractivity contribution is 6.03. The van der Waals surface area contributed by atoms with Crippen LogP contribution in [0.25, 0.3) is 0 Å². The normalized spacial score (nSPS) is 27.1. The van der Waals surface area contributed by atoms with Gasteiger partial charge in [0.2, 0.25) is 5.91 Å². The summed E-state index contributed by atoms with van der Waals surface area (Å²) in [6.45, 7) is 9.18. The fourth-order valence-electron chi connectivity index (χ4n) is 6.73. The van der Waals surface area contributed by atoms with E-state index in [2.05, 4.69) is 23.7 Å². The second-order valence-corrected chi connectivity index (χ2v) is 12.5. The highest BCUT2D eigenvalue weighted by Crippen LogP contribution is 2.53. The topological polar surface area (TPSA) is 66.5 Å². The number of nitrogens with zero attached hydrogens (tertiary/aromatic N) is 1. The molecule has 3 saturated carbocycles. The van der Waals surface area contributed by atoms with Gasteiger partial charge in [0.25, 0.3) is 5.91 Å². The number of benzene rings is 1. The summed E-state index contributed by atoms with van der Waals surface area (Å²) in [6, 6.07) is 4.34. The lowest BCUT2D eigenvalue weighted by atomic mass is 9.81. The molecule has 1 N–H and O–H groups in total. The van der Waals surface area contributed by atoms with Gasteiger partial charge < -0.3 is 10.2 Å². The third-order valence-electron chi connectivity index (χ3n) is 9.51. The molecule has 1 aromatic rings. The number of hydrogen-bond donors (Lipinski definition) is 1. The number of nitrogens with one attached hydrogen (secondary N) is 1. The lowest BCUT2D eigenvalue weighted by Gasteiger charge is -2.34. The SMILES string of the molecule is C=C(C)C(=O)C(NC(=O)c1cccc(CC[C@H]2CN(C(=O)C3(C)CC3)C[C@H]3C[C@H]32)c1F)C1CCCCC1. The molecule has 4 atom stereocenters. The summed E-state index contributed by atoms with van der Waals surface area (Å²) in [5, 5.41) is 2.88. The molecule has 1 saturated heterocycles. The fraction of sp³-hybridized carbons (Fsp3) is 0.645. The van der Waals surface area contributed by atoms with E-state index >= 15 is 4.39 Å². The van der Waals surface area contributed by atoms with Crippen LogP contribution in [-0.4, -0.2) is 41.6 Å². The van der Waals surface area contributed by atoms with Gasteiger partial charge in [-0.3, -0.25) is 14.4 Å². The monoisotopic (exact) mass is 508 g/mol. The van der Waals surface area contributed by atoms with E-state index in [0.717, 1.165) is 70.9 Å². The molecule has 37 heavy (non-hydrogen) atoms. The molecular formula is C31H41FN2O3. The van der Waals surface area contributed by atoms with E-state index in [4.69, 9.17) is 0 Å². The molecule has 1 aromatic carbocycles. The minimum atomic E-state index is -0.653. The molecule has 200 valence electrons. The zero-order chi connectivity index (χ0) is 26.3. The minimum absolute atomic E-state index is 0.000713. The van der Waals surface area contributed by atoms with Gasteiger partial charge >= 0.3 is 0 Å². The van der Waals surface area contributed by atoms with Crippen molar-refractivity contribution in [1.29, 1.82) is 0 Å². The molecule has 5 rings (SSSR count). The summed E-state index contributed by atoms with van der Waals surface area (Å²) in [6.07, 6.45) is 9.47. The molecule has 1 unspecified atom stereocenters. The van der Waals surface area contributed by atoms with Gasteiger partial charge in [0.05, 0.1) is 11.6 Å². The van der Waals surface area contributed by atoms with E-state index in [1.54, 1.807) is 19.1 Å². The molecule has 4 aliphatic rings. The van der Waals surface area contributed by atoms with Crippen molar-refractivity contribution in [1.82, 2.24) is 10.2 Å². The Balaban J connectivity index is 1.24. The van der Waals surface area contributed by atoms with Crippen LogP contribution in [0.1, 0.15) is 87.6 Å². The Hall–Kier alpha value is -2.50. The first-order chi connectivity index (χ1) is 17.7. The fourth-order valence-corrected chi connectivity index (χ4v) is 6.73. The van der Waals surface area contributed by atoms with Crippen molar-refractivity contribution in [3.63, 3.8) is 0 Å². The number of carbonyl (C=O) groups excluding carboxylic acids is 3. The van der Waals surface area contributed by atoms with Crippen molar-refractivity contribution in [2.45, 2.75) is 84.1 Å². The van der Waals surface area contributed by atoms with Gasteiger partial charge in [-0.25, -0.2) is 4.39 Å². The zero-order valence-electron chi connectivity index (χ0n) is 22.4. The molecule has 0 radical (unpaired) electrons. The van der Waals surface area contributed by atoms with Crippen LogP contribution in [0, 0.1) is 34.9 Å². The van der Waals surface area contributed by atoms with E-state index in [1.165, 1.54) is 6.07 Å². The van der Waals surface area contributed by atoms with E-state index in [0.29, 0.717) is 41.2 Å². The third kappa shape index (κ3) is 5.53. The first-order valence-electron chi connectivity index (χ1n) is 14.3. The summed E-state index contributed by atoms with van der Waals surface area (Å²) < 4.78 is 15.6. The molecule has 2 amide bonds. The number of aryl methyl sites for hydroxylation is 1. The summed E-state index contributed by atoms with van der Waals surface area (Å²) in [4.78, 5) is 41.1. The molecule has 5 nitrogen and oxygen atoms in total. The van der Waals surface area contributed by atoms with E-state index in [9.17, 15) is 14.4 Å². The van der Waals surface area contributed by atoms with Crippen LogP contribution in [0.2, 0.25) is 0 Å². The Morgan fingerprint density at radius 3 is 2.57 bits per heavy atom. The molecule has 0 aromatic heterocycles. The Morgan fingerprint density at radius 2 is 1.89 bits per heavy atom.